The van der Waals surface area contributed by atoms with Crippen molar-refractivity contribution in [3.8, 4) is 67.3 Å². The second-order valence-corrected chi connectivity index (χ2v) is 26.9. The van der Waals surface area contributed by atoms with Crippen molar-refractivity contribution in [1.29, 1.82) is 0 Å². The standard InChI is InChI=1S/C32H28N5O5.C22H14N4O.C16H10N2O3.C10H14BrNO4.C7H10N2.BrH/c38-25-17-18-26(39)37(25)41-27(40)16-8-3-9-19-36-20-10-15-24(21-36)29-28(22-11-4-1-5-12-22)31-32(35-42-34-31)30(33-29)23-13-6-2-7-14-23;1-3-8-15(9-4-1)18-19(17-12-7-13-23-14-17)24-20(16-10-5-2-6-11-16)22-21(18)25-27-26-22;19-15(11-7-3-1-4-8-11)13-14(18-21-17-13)16(20)12-9-5-2-6-10-12;11-7-3-1-2-4-10(15)16-12-8(13)5-6-9(12)14;1-6(8)7-3-2-4-9-5-7;/h1-2,4-7,10-15,20-21H,3,8-9,16-19H2;1-14H;1-10H;1-7H2;2-6H,8H2,1H3;1H/q+1;;;;;/p-1. The van der Waals surface area contributed by atoms with Crippen LogP contribution in [-0.2, 0) is 45.0 Å². The number of hydrogen-bond acceptors (Lipinski definition) is 24. The zero-order valence-corrected chi connectivity index (χ0v) is 65.9. The number of hydrogen-bond donors (Lipinski definition) is 1. The molecule has 27 nitrogen and oxygen atoms in total. The maximum absolute atomic E-state index is 12.3. The van der Waals surface area contributed by atoms with Gasteiger partial charge in [-0.05, 0) is 105 Å². The molecule has 8 aromatic heterocycles. The zero-order valence-electron chi connectivity index (χ0n) is 62.7. The second-order valence-electron chi connectivity index (χ2n) is 26.2. The molecule has 29 heteroatoms. The lowest BCUT2D eigenvalue weighted by molar-refractivity contribution is -0.696. The van der Waals surface area contributed by atoms with Gasteiger partial charge in [-0.2, -0.15) is 0 Å². The molecule has 14 aromatic rings. The third-order valence-electron chi connectivity index (χ3n) is 18.0. The number of fused-ring (bicyclic) bond motifs is 2. The number of hydroxylamine groups is 4. The number of unbranched alkanes of at least 4 members (excludes halogenated alkanes) is 4. The van der Waals surface area contributed by atoms with Crippen LogP contribution in [0, 0.1) is 0 Å². The third-order valence-corrected chi connectivity index (χ3v) is 18.6. The van der Waals surface area contributed by atoms with Gasteiger partial charge in [-0.1, -0.05) is 210 Å². The minimum atomic E-state index is -0.570. The van der Waals surface area contributed by atoms with Crippen LogP contribution < -0.4 is 27.3 Å². The van der Waals surface area contributed by atoms with Crippen molar-refractivity contribution >= 4 is 85.1 Å². The van der Waals surface area contributed by atoms with E-state index in [0.29, 0.717) is 61.9 Å². The Bertz CT molecular complexity index is 5550. The lowest BCUT2D eigenvalue weighted by Crippen LogP contribution is -3.00. The normalized spacial score (nSPS) is 12.4. The Kier molecular flexibility index (Phi) is 30.1. The Labute approximate surface area is 684 Å². The van der Waals surface area contributed by atoms with Gasteiger partial charge in [-0.3, -0.25) is 38.7 Å². The van der Waals surface area contributed by atoms with Crippen molar-refractivity contribution in [3.63, 3.8) is 0 Å². The molecule has 4 amide bonds. The van der Waals surface area contributed by atoms with Gasteiger partial charge in [0.15, 0.2) is 34.8 Å². The molecule has 10 heterocycles. The average molecular weight is 1690 g/mol. The second kappa shape index (κ2) is 41.9. The number of rotatable bonds is 24. The molecule has 0 bridgehead atoms. The van der Waals surface area contributed by atoms with Crippen molar-refractivity contribution in [3.05, 3.63) is 284 Å². The Morgan fingerprint density at radius 2 is 0.810 bits per heavy atom. The molecule has 2 saturated heterocycles. The van der Waals surface area contributed by atoms with E-state index in [2.05, 4.69) is 72.2 Å². The van der Waals surface area contributed by atoms with Crippen LogP contribution in [0.5, 0.6) is 0 Å². The average Bonchev–Trinajstić information content (AvgIpc) is 1.41. The summed E-state index contributed by atoms with van der Waals surface area (Å²) in [5.41, 5.74) is 20.4. The Morgan fingerprint density at radius 3 is 1.22 bits per heavy atom. The first-order valence-electron chi connectivity index (χ1n) is 37.0. The maximum Gasteiger partial charge on any atom is 0.333 e. The fraction of sp³-hybridized carbons (Fsp3) is 0.184. The smallest absolute Gasteiger partial charge is 0.333 e. The highest BCUT2D eigenvalue weighted by atomic mass is 79.9. The summed E-state index contributed by atoms with van der Waals surface area (Å²) in [6.07, 6.45) is 16.8. The molecule has 2 aliphatic rings. The molecule has 0 saturated carbocycles. The molecule has 16 rings (SSSR count). The van der Waals surface area contributed by atoms with Crippen LogP contribution in [0.3, 0.4) is 0 Å². The largest absolute Gasteiger partial charge is 1.00 e. The molecule has 1 atom stereocenters. The van der Waals surface area contributed by atoms with E-state index in [0.717, 1.165) is 105 Å². The van der Waals surface area contributed by atoms with Gasteiger partial charge >= 0.3 is 11.9 Å². The number of carbonyl (C=O) groups is 8. The molecule has 2 fully saturated rings. The van der Waals surface area contributed by atoms with Gasteiger partial charge in [0, 0.05) is 126 Å². The fourth-order valence-electron chi connectivity index (χ4n) is 12.2. The number of imide groups is 2. The quantitative estimate of drug-likeness (QED) is 0.0193. The molecular weight excluding hydrogens is 1610 g/mol. The number of alkyl halides is 1. The molecule has 0 aliphatic carbocycles. The summed E-state index contributed by atoms with van der Waals surface area (Å²) in [6.45, 7) is 2.67. The number of aryl methyl sites for hydroxylation is 1. The van der Waals surface area contributed by atoms with Gasteiger partial charge in [0.25, 0.3) is 23.6 Å². The first-order valence-corrected chi connectivity index (χ1v) is 38.2. The number of aromatic nitrogens is 11. The molecule has 2 N–H and O–H groups in total. The van der Waals surface area contributed by atoms with Crippen molar-refractivity contribution < 1.29 is 83.5 Å². The van der Waals surface area contributed by atoms with Gasteiger partial charge < -0.3 is 32.4 Å². The van der Waals surface area contributed by atoms with Crippen LogP contribution in [-0.4, -0.2) is 113 Å². The highest BCUT2D eigenvalue weighted by molar-refractivity contribution is 9.09. The molecule has 1 unspecified atom stereocenters. The highest BCUT2D eigenvalue weighted by Crippen LogP contribution is 2.41. The summed E-state index contributed by atoms with van der Waals surface area (Å²) in [6, 6.07) is 68.8. The van der Waals surface area contributed by atoms with Crippen LogP contribution in [0.2, 0.25) is 0 Å². The predicted molar refractivity (Wildman–Crippen MR) is 426 cm³/mol. The number of nitrogens with zero attached hydrogens (tertiary/aromatic N) is 13. The van der Waals surface area contributed by atoms with Crippen LogP contribution in [0.4, 0.5) is 0 Å². The topological polar surface area (TPSA) is 360 Å². The van der Waals surface area contributed by atoms with Crippen molar-refractivity contribution in [1.82, 2.24) is 61.0 Å². The van der Waals surface area contributed by atoms with Crippen LogP contribution in [0.25, 0.3) is 89.4 Å². The van der Waals surface area contributed by atoms with Crippen molar-refractivity contribution in [2.24, 2.45) is 5.73 Å². The summed E-state index contributed by atoms with van der Waals surface area (Å²) in [7, 11) is 0. The van der Waals surface area contributed by atoms with E-state index >= 15 is 0 Å². The Balaban J connectivity index is 0.000000154. The van der Waals surface area contributed by atoms with E-state index < -0.39 is 47.1 Å². The number of carbonyl (C=O) groups excluding carboxylic acids is 8. The van der Waals surface area contributed by atoms with E-state index in [4.69, 9.17) is 34.6 Å². The van der Waals surface area contributed by atoms with E-state index in [1.165, 1.54) is 0 Å². The summed E-state index contributed by atoms with van der Waals surface area (Å²) >= 11 is 3.29. The maximum atomic E-state index is 12.3. The Morgan fingerprint density at radius 1 is 0.431 bits per heavy atom. The Hall–Kier alpha value is -13.5. The number of halogens is 2. The minimum Gasteiger partial charge on any atom is -1.00 e. The fourth-order valence-corrected chi connectivity index (χ4v) is 12.6. The van der Waals surface area contributed by atoms with Crippen LogP contribution >= 0.6 is 15.9 Å². The molecular formula is C87H76Br2N14O13. The zero-order chi connectivity index (χ0) is 80.3. The van der Waals surface area contributed by atoms with Gasteiger partial charge in [-0.25, -0.2) is 38.0 Å². The number of pyridine rings is 5. The first kappa shape index (κ1) is 83.4. The van der Waals surface area contributed by atoms with Crippen LogP contribution in [0.15, 0.2) is 269 Å². The third kappa shape index (κ3) is 21.6. The summed E-state index contributed by atoms with van der Waals surface area (Å²) < 4.78 is 17.0. The van der Waals surface area contributed by atoms with E-state index in [1.54, 1.807) is 79.3 Å². The molecule has 2 aliphatic heterocycles. The molecule has 6 aromatic carbocycles. The predicted octanol–water partition coefficient (Wildman–Crippen LogP) is 12.3. The van der Waals surface area contributed by atoms with E-state index in [1.807, 2.05) is 177 Å². The lowest BCUT2D eigenvalue weighted by atomic mass is 9.96. The highest BCUT2D eigenvalue weighted by Gasteiger charge is 2.35. The summed E-state index contributed by atoms with van der Waals surface area (Å²) in [4.78, 5) is 122. The molecule has 586 valence electrons. The molecule has 0 radical (unpaired) electrons. The number of amides is 4. The van der Waals surface area contributed by atoms with Crippen molar-refractivity contribution in [2.45, 2.75) is 96.6 Å². The SMILES string of the molecule is CC(N)c1cccnc1.O=C(CCCCCBr)ON1C(=O)CCC1=O.O=C(CCCCC[n+]1cccc(-c2nc(-c3ccccc3)c3nonc3c2-c2ccccc2)c1)ON1C(=O)CCC1=O.O=C(c1ccccc1)c1nonc1C(=O)c1ccccc1.[Br-].c1ccc(-c2nc(-c3cccnc3)c(-c3ccccc3)c3nonc23)cc1. The van der Waals surface area contributed by atoms with Crippen molar-refractivity contribution in [2.75, 3.05) is 5.33 Å². The summed E-state index contributed by atoms with van der Waals surface area (Å²) in [5, 5.41) is 26.2. The lowest BCUT2D eigenvalue weighted by Gasteiger charge is -2.12. The first-order chi connectivity index (χ1) is 56.2. The van der Waals surface area contributed by atoms with Gasteiger partial charge in [-0.15, -0.1) is 10.1 Å². The van der Waals surface area contributed by atoms with Gasteiger partial charge in [0.1, 0.15) is 29.0 Å². The minimum absolute atomic E-state index is 0. The number of nitrogens with two attached hydrogens (primary N) is 1. The van der Waals surface area contributed by atoms with Gasteiger partial charge in [0.05, 0.1) is 17.0 Å². The number of benzene rings is 6. The van der Waals surface area contributed by atoms with Gasteiger partial charge in [0.2, 0.25) is 11.6 Å². The summed E-state index contributed by atoms with van der Waals surface area (Å²) in [5.74, 6) is -3.67. The molecule has 0 spiro atoms. The van der Waals surface area contributed by atoms with E-state index in [-0.39, 0.29) is 72.9 Å². The van der Waals surface area contributed by atoms with Crippen LogP contribution in [0.1, 0.15) is 128 Å². The van der Waals surface area contributed by atoms with E-state index in [9.17, 15) is 38.4 Å². The number of ketones is 2. The molecule has 116 heavy (non-hydrogen) atoms. The monoisotopic (exact) mass is 1680 g/mol.